The van der Waals surface area contributed by atoms with Crippen LogP contribution in [0.4, 0.5) is 0 Å². The Morgan fingerprint density at radius 2 is 1.86 bits per heavy atom. The van der Waals surface area contributed by atoms with Crippen LogP contribution in [0.5, 0.6) is 5.75 Å². The average molecular weight is 315 g/mol. The van der Waals surface area contributed by atoms with Crippen molar-refractivity contribution < 1.29 is 23.1 Å². The minimum absolute atomic E-state index is 0.113. The van der Waals surface area contributed by atoms with Crippen LogP contribution < -0.4 is 9.46 Å². The number of rotatable bonds is 8. The maximum Gasteiger partial charge on any atom is 0.341 e. The fraction of sp³-hybridized carbons (Fsp3) is 0.500. The Balaban J connectivity index is 2.73. The van der Waals surface area contributed by atoms with Crippen molar-refractivity contribution in [3.8, 4) is 5.75 Å². The molecule has 1 rings (SSSR count). The Morgan fingerprint density at radius 1 is 1.29 bits per heavy atom. The number of hydrogen-bond acceptors (Lipinski definition) is 4. The van der Waals surface area contributed by atoms with Gasteiger partial charge in [0.15, 0.2) is 6.61 Å². The standard InChI is InChI=1S/C14H21NO5S/c1-4-14(2,3)10-15-21(18,19)12-7-5-11(6-8-12)20-9-13(16)17/h5-8,15H,4,9-10H2,1-3H3,(H,16,17). The highest BCUT2D eigenvalue weighted by molar-refractivity contribution is 7.89. The fourth-order valence-electron chi connectivity index (χ4n) is 1.36. The summed E-state index contributed by atoms with van der Waals surface area (Å²) in [5.74, 6) is -0.777. The number of carbonyl (C=O) groups is 1. The van der Waals surface area contributed by atoms with Gasteiger partial charge in [-0.05, 0) is 36.1 Å². The first kappa shape index (κ1) is 17.5. The number of benzene rings is 1. The van der Waals surface area contributed by atoms with Crippen LogP contribution in [0, 0.1) is 5.41 Å². The Kier molecular flexibility index (Phi) is 5.74. The largest absolute Gasteiger partial charge is 0.482 e. The number of aliphatic carboxylic acids is 1. The van der Waals surface area contributed by atoms with E-state index in [-0.39, 0.29) is 10.3 Å². The molecule has 7 heteroatoms. The van der Waals surface area contributed by atoms with Gasteiger partial charge in [-0.3, -0.25) is 0 Å². The quantitative estimate of drug-likeness (QED) is 0.764. The van der Waals surface area contributed by atoms with Crippen LogP contribution in [-0.2, 0) is 14.8 Å². The molecule has 0 aliphatic rings. The lowest BCUT2D eigenvalue weighted by Crippen LogP contribution is -2.33. The van der Waals surface area contributed by atoms with Gasteiger partial charge in [-0.2, -0.15) is 0 Å². The van der Waals surface area contributed by atoms with E-state index in [0.717, 1.165) is 6.42 Å². The van der Waals surface area contributed by atoms with E-state index >= 15 is 0 Å². The molecule has 0 unspecified atom stereocenters. The third kappa shape index (κ3) is 5.73. The summed E-state index contributed by atoms with van der Waals surface area (Å²) < 4.78 is 31.8. The fourth-order valence-corrected chi connectivity index (χ4v) is 2.60. The zero-order valence-corrected chi connectivity index (χ0v) is 13.2. The molecule has 2 N–H and O–H groups in total. The van der Waals surface area contributed by atoms with Crippen molar-refractivity contribution in [2.24, 2.45) is 5.41 Å². The van der Waals surface area contributed by atoms with E-state index in [1.54, 1.807) is 0 Å². The third-order valence-electron chi connectivity index (χ3n) is 3.19. The summed E-state index contributed by atoms with van der Waals surface area (Å²) in [7, 11) is -3.57. The molecule has 0 heterocycles. The van der Waals surface area contributed by atoms with Gasteiger partial charge in [0.25, 0.3) is 0 Å². The lowest BCUT2D eigenvalue weighted by atomic mass is 9.91. The maximum absolute atomic E-state index is 12.1. The van der Waals surface area contributed by atoms with E-state index in [0.29, 0.717) is 12.3 Å². The molecule has 0 saturated heterocycles. The second kappa shape index (κ2) is 6.91. The molecule has 0 spiro atoms. The van der Waals surface area contributed by atoms with Crippen LogP contribution in [0.2, 0.25) is 0 Å². The number of nitrogens with one attached hydrogen (secondary N) is 1. The van der Waals surface area contributed by atoms with Crippen LogP contribution >= 0.6 is 0 Å². The summed E-state index contributed by atoms with van der Waals surface area (Å²) in [5, 5.41) is 8.50. The molecular weight excluding hydrogens is 294 g/mol. The summed E-state index contributed by atoms with van der Waals surface area (Å²) in [6.07, 6.45) is 0.859. The average Bonchev–Trinajstić information content (AvgIpc) is 2.44. The second-order valence-corrected chi connectivity index (χ2v) is 7.26. The molecule has 0 aliphatic carbocycles. The smallest absolute Gasteiger partial charge is 0.341 e. The second-order valence-electron chi connectivity index (χ2n) is 5.50. The van der Waals surface area contributed by atoms with Crippen molar-refractivity contribution in [2.45, 2.75) is 32.1 Å². The van der Waals surface area contributed by atoms with E-state index in [4.69, 9.17) is 9.84 Å². The van der Waals surface area contributed by atoms with Crippen LogP contribution in [0.25, 0.3) is 0 Å². The van der Waals surface area contributed by atoms with Gasteiger partial charge in [-0.25, -0.2) is 17.9 Å². The van der Waals surface area contributed by atoms with Gasteiger partial charge in [-0.1, -0.05) is 20.8 Å². The van der Waals surface area contributed by atoms with E-state index in [1.807, 2.05) is 20.8 Å². The van der Waals surface area contributed by atoms with Gasteiger partial charge in [0.2, 0.25) is 10.0 Å². The van der Waals surface area contributed by atoms with Gasteiger partial charge in [-0.15, -0.1) is 0 Å². The lowest BCUT2D eigenvalue weighted by Gasteiger charge is -2.22. The number of sulfonamides is 1. The molecule has 1 aromatic carbocycles. The van der Waals surface area contributed by atoms with Crippen molar-refractivity contribution >= 4 is 16.0 Å². The predicted octanol–water partition coefficient (Wildman–Crippen LogP) is 1.86. The van der Waals surface area contributed by atoms with E-state index < -0.39 is 22.6 Å². The van der Waals surface area contributed by atoms with Gasteiger partial charge in [0.05, 0.1) is 4.90 Å². The van der Waals surface area contributed by atoms with Crippen molar-refractivity contribution in [3.05, 3.63) is 24.3 Å². The summed E-state index contributed by atoms with van der Waals surface area (Å²) in [6.45, 7) is 5.86. The van der Waals surface area contributed by atoms with Crippen molar-refractivity contribution in [3.63, 3.8) is 0 Å². The Bertz CT molecular complexity index is 578. The van der Waals surface area contributed by atoms with Crippen LogP contribution in [0.15, 0.2) is 29.2 Å². The Labute approximate surface area is 125 Å². The first-order valence-corrected chi connectivity index (χ1v) is 8.09. The molecule has 0 aromatic heterocycles. The molecule has 0 radical (unpaired) electrons. The summed E-state index contributed by atoms with van der Waals surface area (Å²) in [4.78, 5) is 10.5. The van der Waals surface area contributed by atoms with E-state index in [9.17, 15) is 13.2 Å². The van der Waals surface area contributed by atoms with Crippen molar-refractivity contribution in [2.75, 3.05) is 13.2 Å². The van der Waals surface area contributed by atoms with E-state index in [1.165, 1.54) is 24.3 Å². The van der Waals surface area contributed by atoms with Crippen molar-refractivity contribution in [1.82, 2.24) is 4.72 Å². The molecule has 0 bridgehead atoms. The molecule has 0 fully saturated rings. The number of carboxylic acid groups (broad SMARTS) is 1. The van der Waals surface area contributed by atoms with Gasteiger partial charge < -0.3 is 9.84 Å². The molecule has 0 amide bonds. The number of ether oxygens (including phenoxy) is 1. The van der Waals surface area contributed by atoms with Crippen LogP contribution in [0.1, 0.15) is 27.2 Å². The van der Waals surface area contributed by atoms with Crippen molar-refractivity contribution in [1.29, 1.82) is 0 Å². The Morgan fingerprint density at radius 3 is 2.33 bits per heavy atom. The van der Waals surface area contributed by atoms with Gasteiger partial charge in [0, 0.05) is 6.54 Å². The number of hydrogen-bond donors (Lipinski definition) is 2. The SMILES string of the molecule is CCC(C)(C)CNS(=O)(=O)c1ccc(OCC(=O)O)cc1. The highest BCUT2D eigenvalue weighted by Crippen LogP contribution is 2.20. The van der Waals surface area contributed by atoms with E-state index in [2.05, 4.69) is 4.72 Å². The molecular formula is C14H21NO5S. The predicted molar refractivity (Wildman–Crippen MR) is 78.8 cm³/mol. The number of carboxylic acids is 1. The zero-order valence-electron chi connectivity index (χ0n) is 12.4. The minimum Gasteiger partial charge on any atom is -0.482 e. The highest BCUT2D eigenvalue weighted by Gasteiger charge is 2.20. The molecule has 0 saturated carbocycles. The molecule has 1 aromatic rings. The molecule has 0 aliphatic heterocycles. The molecule has 118 valence electrons. The normalized spacial score (nSPS) is 12.1. The first-order valence-electron chi connectivity index (χ1n) is 6.60. The van der Waals surface area contributed by atoms with Gasteiger partial charge >= 0.3 is 5.97 Å². The zero-order chi connectivity index (χ0) is 16.1. The van der Waals surface area contributed by atoms with Gasteiger partial charge in [0.1, 0.15) is 5.75 Å². The first-order chi connectivity index (χ1) is 9.66. The van der Waals surface area contributed by atoms with Crippen LogP contribution in [-0.4, -0.2) is 32.6 Å². The summed E-state index contributed by atoms with van der Waals surface area (Å²) >= 11 is 0. The lowest BCUT2D eigenvalue weighted by molar-refractivity contribution is -0.139. The maximum atomic E-state index is 12.1. The molecule has 21 heavy (non-hydrogen) atoms. The monoisotopic (exact) mass is 315 g/mol. The molecule has 6 nitrogen and oxygen atoms in total. The summed E-state index contributed by atoms with van der Waals surface area (Å²) in [6, 6.07) is 5.64. The van der Waals surface area contributed by atoms with Crippen LogP contribution in [0.3, 0.4) is 0 Å². The minimum atomic E-state index is -3.57. The topological polar surface area (TPSA) is 92.7 Å². The summed E-state index contributed by atoms with van der Waals surface area (Å²) in [5.41, 5.74) is -0.113. The Hall–Kier alpha value is -1.60. The highest BCUT2D eigenvalue weighted by atomic mass is 32.2. The molecule has 0 atom stereocenters. The third-order valence-corrected chi connectivity index (χ3v) is 4.61.